The third-order valence-electron chi connectivity index (χ3n) is 1.17. The monoisotopic (exact) mass is 147 g/mol. The van der Waals surface area contributed by atoms with Crippen LogP contribution in [0.1, 0.15) is 6.92 Å². The molecule has 0 amide bonds. The van der Waals surface area contributed by atoms with Crippen molar-refractivity contribution in [1.29, 1.82) is 0 Å². The molecule has 9 heavy (non-hydrogen) atoms. The molecule has 0 fully saturated rings. The highest BCUT2D eigenvalue weighted by atomic mass is 28.4. The summed E-state index contributed by atoms with van der Waals surface area (Å²) >= 11 is 0. The van der Waals surface area contributed by atoms with Crippen molar-refractivity contribution in [2.24, 2.45) is 5.73 Å². The first-order valence-electron chi connectivity index (χ1n) is 2.82. The van der Waals surface area contributed by atoms with Crippen LogP contribution >= 0.6 is 0 Å². The smallest absolute Gasteiger partial charge is 0.353 e. The number of hydrogen-bond acceptors (Lipinski definition) is 3. The fourth-order valence-corrected chi connectivity index (χ4v) is 1.19. The van der Waals surface area contributed by atoms with Gasteiger partial charge in [0.05, 0.1) is 0 Å². The van der Waals surface area contributed by atoms with Crippen LogP contribution in [0.15, 0.2) is 12.7 Å². The summed E-state index contributed by atoms with van der Waals surface area (Å²) in [5.74, 6) is 0. The minimum atomic E-state index is -3.12. The highest BCUT2D eigenvalue weighted by Crippen LogP contribution is 2.04. The molecule has 0 radical (unpaired) electrons. The molecular weight excluding hydrogens is 134 g/mol. The maximum atomic E-state index is 9.09. The molecule has 0 heterocycles. The maximum absolute atomic E-state index is 9.09. The summed E-state index contributed by atoms with van der Waals surface area (Å²) in [5, 5.41) is 0. The zero-order valence-corrected chi connectivity index (χ0v) is 6.54. The van der Waals surface area contributed by atoms with Crippen molar-refractivity contribution in [3.05, 3.63) is 12.7 Å². The molecular formula is C5H13NO2Si. The van der Waals surface area contributed by atoms with Gasteiger partial charge in [-0.3, -0.25) is 0 Å². The van der Waals surface area contributed by atoms with Gasteiger partial charge in [-0.1, -0.05) is 6.08 Å². The van der Waals surface area contributed by atoms with Crippen molar-refractivity contribution < 1.29 is 9.59 Å². The summed E-state index contributed by atoms with van der Waals surface area (Å²) in [6.07, 6.45) is 1.48. The second kappa shape index (κ2) is 3.12. The number of rotatable bonds is 3. The predicted molar refractivity (Wildman–Crippen MR) is 38.8 cm³/mol. The molecule has 0 aliphatic heterocycles. The Kier molecular flexibility index (Phi) is 3.06. The topological polar surface area (TPSA) is 66.5 Å². The summed E-state index contributed by atoms with van der Waals surface area (Å²) in [6.45, 7) is 4.98. The van der Waals surface area contributed by atoms with Gasteiger partial charge in [0.15, 0.2) is 0 Å². The van der Waals surface area contributed by atoms with E-state index in [4.69, 9.17) is 15.3 Å². The van der Waals surface area contributed by atoms with Gasteiger partial charge in [-0.15, -0.1) is 6.58 Å². The SMILES string of the molecule is C=CC[Si](O)(O)C(C)N. The van der Waals surface area contributed by atoms with E-state index in [-0.39, 0.29) is 6.04 Å². The van der Waals surface area contributed by atoms with E-state index in [0.717, 1.165) is 0 Å². The summed E-state index contributed by atoms with van der Waals surface area (Å²) in [7, 11) is -3.12. The van der Waals surface area contributed by atoms with Crippen molar-refractivity contribution in [2.75, 3.05) is 0 Å². The fourth-order valence-electron chi connectivity index (χ4n) is 0.398. The number of allylic oxidation sites excluding steroid dienone is 1. The molecule has 0 saturated carbocycles. The second-order valence-electron chi connectivity index (χ2n) is 2.16. The summed E-state index contributed by atoms with van der Waals surface area (Å²) in [4.78, 5) is 18.2. The molecule has 1 atom stereocenters. The van der Waals surface area contributed by atoms with Crippen molar-refractivity contribution >= 4 is 8.56 Å². The van der Waals surface area contributed by atoms with Crippen LogP contribution in [0.4, 0.5) is 0 Å². The zero-order chi connectivity index (χ0) is 7.49. The third-order valence-corrected chi connectivity index (χ3v) is 3.52. The van der Waals surface area contributed by atoms with Gasteiger partial charge in [0.25, 0.3) is 0 Å². The molecule has 0 aliphatic rings. The lowest BCUT2D eigenvalue weighted by atomic mass is 10.8. The van der Waals surface area contributed by atoms with E-state index in [1.165, 1.54) is 6.08 Å². The Labute approximate surface area is 56.1 Å². The van der Waals surface area contributed by atoms with Gasteiger partial charge in [-0.05, 0) is 6.92 Å². The molecule has 0 rings (SSSR count). The van der Waals surface area contributed by atoms with Gasteiger partial charge in [0, 0.05) is 11.7 Å². The van der Waals surface area contributed by atoms with Gasteiger partial charge in [-0.25, -0.2) is 0 Å². The Hall–Kier alpha value is -0.163. The molecule has 4 N–H and O–H groups in total. The van der Waals surface area contributed by atoms with E-state index in [1.807, 2.05) is 0 Å². The van der Waals surface area contributed by atoms with Crippen LogP contribution in [0.2, 0.25) is 6.04 Å². The minimum Gasteiger partial charge on any atom is -0.410 e. The van der Waals surface area contributed by atoms with E-state index in [0.29, 0.717) is 0 Å². The molecule has 0 aromatic carbocycles. The van der Waals surface area contributed by atoms with Gasteiger partial charge >= 0.3 is 8.56 Å². The molecule has 0 saturated heterocycles. The van der Waals surface area contributed by atoms with Crippen molar-refractivity contribution in [2.45, 2.75) is 18.6 Å². The van der Waals surface area contributed by atoms with Crippen molar-refractivity contribution in [1.82, 2.24) is 0 Å². The highest BCUT2D eigenvalue weighted by Gasteiger charge is 2.32. The predicted octanol–water partition coefficient (Wildman–Crippen LogP) is -0.514. The normalized spacial score (nSPS) is 15.1. The largest absolute Gasteiger partial charge is 0.410 e. The van der Waals surface area contributed by atoms with E-state index in [2.05, 4.69) is 6.58 Å². The van der Waals surface area contributed by atoms with Crippen LogP contribution in [0.3, 0.4) is 0 Å². The van der Waals surface area contributed by atoms with E-state index in [9.17, 15) is 0 Å². The zero-order valence-electron chi connectivity index (χ0n) is 5.54. The van der Waals surface area contributed by atoms with Crippen LogP contribution in [0.5, 0.6) is 0 Å². The molecule has 4 heteroatoms. The summed E-state index contributed by atoms with van der Waals surface area (Å²) in [6, 6.07) is 0.241. The average Bonchev–Trinajstić information content (AvgIpc) is 1.65. The first-order chi connectivity index (χ1) is 4.00. The van der Waals surface area contributed by atoms with Gasteiger partial charge < -0.3 is 15.3 Å². The summed E-state index contributed by atoms with van der Waals surface area (Å²) in [5.41, 5.74) is 4.77. The molecule has 0 bridgehead atoms. The summed E-state index contributed by atoms with van der Waals surface area (Å²) < 4.78 is 0. The Balaban J connectivity index is 3.84. The molecule has 0 aromatic rings. The standard InChI is InChI=1S/C5H13NO2Si/c1-3-4-9(7,8)5(2)6/h3,5,7-8H,1,4,6H2,2H3. The Morgan fingerprint density at radius 2 is 2.22 bits per heavy atom. The third kappa shape index (κ3) is 2.76. The highest BCUT2D eigenvalue weighted by molar-refractivity contribution is 6.66. The average molecular weight is 147 g/mol. The molecule has 1 unspecified atom stereocenters. The van der Waals surface area contributed by atoms with Gasteiger partial charge in [0.1, 0.15) is 0 Å². The lowest BCUT2D eigenvalue weighted by Crippen LogP contribution is -2.51. The van der Waals surface area contributed by atoms with Crippen molar-refractivity contribution in [3.8, 4) is 0 Å². The fraction of sp³-hybridized carbons (Fsp3) is 0.600. The first-order valence-corrected chi connectivity index (χ1v) is 5.00. The molecule has 0 spiro atoms. The van der Waals surface area contributed by atoms with Crippen LogP contribution in [0, 0.1) is 0 Å². The number of hydrogen-bond donors (Lipinski definition) is 3. The molecule has 3 nitrogen and oxygen atoms in total. The first kappa shape index (κ1) is 8.84. The van der Waals surface area contributed by atoms with Gasteiger partial charge in [-0.2, -0.15) is 0 Å². The van der Waals surface area contributed by atoms with E-state index in [1.54, 1.807) is 6.92 Å². The van der Waals surface area contributed by atoms with E-state index >= 15 is 0 Å². The van der Waals surface area contributed by atoms with Crippen LogP contribution in [-0.4, -0.2) is 23.8 Å². The van der Waals surface area contributed by atoms with E-state index < -0.39 is 14.2 Å². The maximum Gasteiger partial charge on any atom is 0.353 e. The molecule has 0 aromatic heterocycles. The lowest BCUT2D eigenvalue weighted by Gasteiger charge is -2.19. The quantitative estimate of drug-likeness (QED) is 0.372. The van der Waals surface area contributed by atoms with Gasteiger partial charge in [0.2, 0.25) is 0 Å². The number of nitrogens with two attached hydrogens (primary N) is 1. The Morgan fingerprint density at radius 1 is 1.78 bits per heavy atom. The minimum absolute atomic E-state index is 0.241. The van der Waals surface area contributed by atoms with Crippen LogP contribution in [-0.2, 0) is 0 Å². The van der Waals surface area contributed by atoms with Crippen LogP contribution < -0.4 is 5.73 Å². The Bertz CT molecular complexity index is 103. The van der Waals surface area contributed by atoms with Crippen LogP contribution in [0.25, 0.3) is 0 Å². The second-order valence-corrected chi connectivity index (χ2v) is 5.24. The molecule has 0 aliphatic carbocycles. The van der Waals surface area contributed by atoms with Crippen molar-refractivity contribution in [3.63, 3.8) is 0 Å². The molecule has 54 valence electrons. The lowest BCUT2D eigenvalue weighted by molar-refractivity contribution is 0.348. The Morgan fingerprint density at radius 3 is 2.33 bits per heavy atom.